The molecular weight excluding hydrogens is 775 g/mol. The van der Waals surface area contributed by atoms with Crippen LogP contribution in [-0.4, -0.2) is 141 Å². The first kappa shape index (κ1) is 45.9. The second-order valence-electron chi connectivity index (χ2n) is 18.0. The zero-order valence-electron chi connectivity index (χ0n) is 36.8. The number of cyclic esters (lactones) is 1. The van der Waals surface area contributed by atoms with Gasteiger partial charge in [0.15, 0.2) is 12.1 Å². The van der Waals surface area contributed by atoms with Gasteiger partial charge in [0.05, 0.1) is 54.5 Å². The third-order valence-electron chi connectivity index (χ3n) is 13.1. The standard InChI is InChI=1S/C44H65N5O11/c1-11-34-44(8,54)39-26(4)35-24(2)20-43(7,38(27(5)36(50)28(6)41(53)58-34)59-42-37(51)32(48(9)10)19-25(3)57-42)56-22-29(21-55-39)47-60-33(40(52)46-35)17-14-18-49-23-45-30-15-12-13-16-31(30)49/h12-13,15-16,23-28,32-34,37-39,42,51,54H,11,14,17-22H2,1-10H3/b46-35?,47-29+/t24-,25-,26-,27+,28-,32+,33?,34-,37-,38-,39+,42+,43-,44-/m1/s1. The molecule has 2 aromatic rings. The summed E-state index contributed by atoms with van der Waals surface area (Å²) in [5.41, 5.74) is -0.652. The van der Waals surface area contributed by atoms with Crippen molar-refractivity contribution in [2.24, 2.45) is 33.8 Å². The number of amides is 1. The maximum Gasteiger partial charge on any atom is 0.316 e. The molecule has 14 atom stereocenters. The van der Waals surface area contributed by atoms with Crippen molar-refractivity contribution < 1.29 is 53.1 Å². The molecule has 2 N–H and O–H groups in total. The summed E-state index contributed by atoms with van der Waals surface area (Å²) in [6, 6.07) is 7.52. The Kier molecular flexibility index (Phi) is 14.4. The number of para-hydroxylation sites is 2. The normalized spacial score (nSPS) is 39.6. The molecule has 5 heterocycles. The van der Waals surface area contributed by atoms with E-state index >= 15 is 0 Å². The average molecular weight is 840 g/mol. The number of ketones is 1. The Bertz CT molecular complexity index is 1910. The minimum atomic E-state index is -1.82. The molecule has 1 unspecified atom stereocenters. The Morgan fingerprint density at radius 2 is 1.77 bits per heavy atom. The lowest BCUT2D eigenvalue weighted by Crippen LogP contribution is -2.60. The summed E-state index contributed by atoms with van der Waals surface area (Å²) in [5, 5.41) is 28.6. The summed E-state index contributed by atoms with van der Waals surface area (Å²) < 4.78 is 34.5. The molecule has 1 amide bonds. The van der Waals surface area contributed by atoms with Crippen LogP contribution in [0.1, 0.15) is 87.5 Å². The van der Waals surface area contributed by atoms with Crippen LogP contribution >= 0.6 is 0 Å². The highest BCUT2D eigenvalue weighted by Crippen LogP contribution is 2.40. The second-order valence-corrected chi connectivity index (χ2v) is 18.0. The molecule has 4 aliphatic heterocycles. The molecule has 1 aromatic carbocycles. The number of aliphatic imine (C=N–C) groups is 1. The molecule has 3 saturated heterocycles. The average Bonchev–Trinajstić information content (AvgIpc) is 3.61. The van der Waals surface area contributed by atoms with Gasteiger partial charge in [0.1, 0.15) is 29.4 Å². The highest BCUT2D eigenvalue weighted by Gasteiger charge is 2.53. The molecule has 3 fully saturated rings. The number of ether oxygens (including phenoxy) is 5. The van der Waals surface area contributed by atoms with Crippen LogP contribution in [0.2, 0.25) is 0 Å². The van der Waals surface area contributed by atoms with Crippen LogP contribution < -0.4 is 0 Å². The first-order valence-electron chi connectivity index (χ1n) is 21.5. The topological polar surface area (TPSA) is 193 Å². The fraction of sp³-hybridized carbons (Fsp3) is 0.727. The molecule has 0 saturated carbocycles. The van der Waals surface area contributed by atoms with Crippen molar-refractivity contribution in [2.45, 2.75) is 154 Å². The molecule has 1 aromatic heterocycles. The van der Waals surface area contributed by atoms with Gasteiger partial charge in [-0.05, 0) is 91.9 Å². The van der Waals surface area contributed by atoms with E-state index in [1.54, 1.807) is 20.2 Å². The number of oxime groups is 1. The Morgan fingerprint density at radius 1 is 1.03 bits per heavy atom. The van der Waals surface area contributed by atoms with Gasteiger partial charge in [-0.2, -0.15) is 0 Å². The number of hydrogen-bond acceptors (Lipinski definition) is 14. The third kappa shape index (κ3) is 9.54. The van der Waals surface area contributed by atoms with Gasteiger partial charge in [0.25, 0.3) is 5.91 Å². The van der Waals surface area contributed by atoms with E-state index in [1.807, 2.05) is 75.5 Å². The van der Waals surface area contributed by atoms with Crippen molar-refractivity contribution in [3.8, 4) is 0 Å². The molecule has 4 aliphatic rings. The van der Waals surface area contributed by atoms with E-state index in [1.165, 1.54) is 13.8 Å². The lowest BCUT2D eigenvalue weighted by molar-refractivity contribution is -0.296. The number of hydrogen-bond donors (Lipinski definition) is 2. The molecule has 332 valence electrons. The number of benzene rings is 1. The van der Waals surface area contributed by atoms with Gasteiger partial charge in [-0.1, -0.05) is 45.0 Å². The van der Waals surface area contributed by atoms with Crippen LogP contribution in [0.15, 0.2) is 40.7 Å². The number of aliphatic hydroxyl groups is 2. The fourth-order valence-electron chi connectivity index (χ4n) is 9.62. The third-order valence-corrected chi connectivity index (χ3v) is 13.1. The molecule has 16 nitrogen and oxygen atoms in total. The van der Waals surface area contributed by atoms with E-state index in [2.05, 4.69) is 10.1 Å². The number of carbonyl (C=O) groups is 3. The van der Waals surface area contributed by atoms with Crippen LogP contribution in [0.25, 0.3) is 11.0 Å². The Balaban J connectivity index is 1.44. The van der Waals surface area contributed by atoms with Crippen LogP contribution in [0.3, 0.4) is 0 Å². The van der Waals surface area contributed by atoms with Gasteiger partial charge in [0, 0.05) is 30.1 Å². The highest BCUT2D eigenvalue weighted by molar-refractivity contribution is 6.01. The number of carbonyl (C=O) groups excluding carboxylic acids is 3. The van der Waals surface area contributed by atoms with E-state index in [0.717, 1.165) is 11.0 Å². The summed E-state index contributed by atoms with van der Waals surface area (Å²) >= 11 is 0. The van der Waals surface area contributed by atoms with Crippen molar-refractivity contribution in [1.29, 1.82) is 0 Å². The number of aliphatic hydroxyl groups excluding tert-OH is 1. The summed E-state index contributed by atoms with van der Waals surface area (Å²) in [7, 11) is 3.75. The highest BCUT2D eigenvalue weighted by atomic mass is 16.7. The molecule has 16 heteroatoms. The number of rotatable bonds is 8. The molecular formula is C44H65N5O11. The minimum absolute atomic E-state index is 0.165. The Hall–Kier alpha value is -3.64. The van der Waals surface area contributed by atoms with E-state index in [-0.39, 0.29) is 43.9 Å². The smallest absolute Gasteiger partial charge is 0.316 e. The molecule has 6 rings (SSSR count). The van der Waals surface area contributed by atoms with Crippen LogP contribution in [-0.2, 0) is 49.5 Å². The van der Waals surface area contributed by atoms with Gasteiger partial charge in [-0.15, -0.1) is 0 Å². The molecule has 0 radical (unpaired) electrons. The van der Waals surface area contributed by atoms with Gasteiger partial charge in [-0.25, -0.2) is 9.98 Å². The largest absolute Gasteiger partial charge is 0.459 e. The number of nitrogens with zero attached hydrogens (tertiary/aromatic N) is 5. The monoisotopic (exact) mass is 839 g/mol. The first-order chi connectivity index (χ1) is 28.4. The van der Waals surface area contributed by atoms with Crippen molar-refractivity contribution in [3.05, 3.63) is 30.6 Å². The molecule has 60 heavy (non-hydrogen) atoms. The zero-order chi connectivity index (χ0) is 43.7. The molecule has 0 aliphatic carbocycles. The van der Waals surface area contributed by atoms with E-state index in [4.69, 9.17) is 33.5 Å². The number of esters is 1. The van der Waals surface area contributed by atoms with Crippen LogP contribution in [0, 0.1) is 23.7 Å². The maximum absolute atomic E-state index is 14.5. The fourth-order valence-corrected chi connectivity index (χ4v) is 9.62. The number of imidazole rings is 1. The zero-order valence-corrected chi connectivity index (χ0v) is 36.8. The van der Waals surface area contributed by atoms with Crippen molar-refractivity contribution in [2.75, 3.05) is 27.3 Å². The summed E-state index contributed by atoms with van der Waals surface area (Å²) in [5.74, 6) is -5.34. The summed E-state index contributed by atoms with van der Waals surface area (Å²) in [6.45, 7) is 14.1. The SMILES string of the molecule is CC[C@H]1OC(=O)[C@H](C)C(=O)[C@H](C)[C@@H](O[C@@H]2O[C@H](C)C[C@H](N(C)C)[C@H]2O)[C@@]2(C)C[C@@H](C)C3=NC(=O)C(CCCn4cnc5ccccc54)O/N=C(\CO[C@@H]([C@@H]3C)[C@]1(C)O)CO2. The Morgan fingerprint density at radius 3 is 2.48 bits per heavy atom. The van der Waals surface area contributed by atoms with Crippen LogP contribution in [0.4, 0.5) is 0 Å². The Labute approximate surface area is 352 Å². The van der Waals surface area contributed by atoms with E-state index < -0.39 is 89.3 Å². The number of aromatic nitrogens is 2. The van der Waals surface area contributed by atoms with Gasteiger partial charge < -0.3 is 48.2 Å². The summed E-state index contributed by atoms with van der Waals surface area (Å²) in [6.07, 6.45) is -3.34. The maximum atomic E-state index is 14.5. The predicted molar refractivity (Wildman–Crippen MR) is 222 cm³/mol. The van der Waals surface area contributed by atoms with Crippen molar-refractivity contribution in [3.63, 3.8) is 0 Å². The molecule has 4 bridgehead atoms. The summed E-state index contributed by atoms with van der Waals surface area (Å²) in [4.78, 5) is 60.0. The molecule has 0 spiro atoms. The van der Waals surface area contributed by atoms with Gasteiger partial charge in [0.2, 0.25) is 6.10 Å². The number of fused-ring (bicyclic) bond motifs is 5. The van der Waals surface area contributed by atoms with Crippen molar-refractivity contribution >= 4 is 40.1 Å². The van der Waals surface area contributed by atoms with Gasteiger partial charge in [-0.3, -0.25) is 14.4 Å². The first-order valence-corrected chi connectivity index (χ1v) is 21.5. The van der Waals surface area contributed by atoms with E-state index in [9.17, 15) is 24.6 Å². The number of Topliss-reactive ketones (excluding diaryl/α,β-unsaturated/α-hetero) is 1. The second kappa shape index (κ2) is 18.8. The minimum Gasteiger partial charge on any atom is -0.459 e. The lowest BCUT2D eigenvalue weighted by Gasteiger charge is -2.47. The number of aryl methyl sites for hydroxylation is 1. The predicted octanol–water partition coefficient (Wildman–Crippen LogP) is 4.11. The number of likely N-dealkylation sites (N-methyl/N-ethyl adjacent to an activating group) is 1. The van der Waals surface area contributed by atoms with Gasteiger partial charge >= 0.3 is 5.97 Å². The van der Waals surface area contributed by atoms with Crippen LogP contribution in [0.5, 0.6) is 0 Å². The van der Waals surface area contributed by atoms with Crippen molar-refractivity contribution in [1.82, 2.24) is 14.5 Å². The quantitative estimate of drug-likeness (QED) is 0.285. The lowest BCUT2D eigenvalue weighted by atomic mass is 9.73. The van der Waals surface area contributed by atoms with E-state index in [0.29, 0.717) is 31.5 Å².